The zero-order chi connectivity index (χ0) is 25.5. The van der Waals surface area contributed by atoms with Gasteiger partial charge in [0.2, 0.25) is 6.30 Å². The fourth-order valence-corrected chi connectivity index (χ4v) is 4.31. The van der Waals surface area contributed by atoms with Gasteiger partial charge in [-0.25, -0.2) is 36.2 Å². The summed E-state index contributed by atoms with van der Waals surface area (Å²) < 4.78 is 93.7. The largest absolute Gasteiger partial charge is 0.356 e. The summed E-state index contributed by atoms with van der Waals surface area (Å²) in [5.41, 5.74) is -1.98. The first-order chi connectivity index (χ1) is 16.5. The van der Waals surface area contributed by atoms with Crippen LogP contribution in [-0.4, -0.2) is 55.8 Å². The Bertz CT molecular complexity index is 1560. The average molecular weight is 514 g/mol. The Hall–Kier alpha value is -3.75. The summed E-state index contributed by atoms with van der Waals surface area (Å²) in [6.07, 6.45) is -4.67. The molecule has 9 nitrogen and oxygen atoms in total. The lowest BCUT2D eigenvalue weighted by atomic mass is 10.1. The van der Waals surface area contributed by atoms with E-state index in [0.29, 0.717) is 0 Å². The molecule has 0 saturated carbocycles. The highest BCUT2D eigenvalue weighted by Gasteiger charge is 2.51. The van der Waals surface area contributed by atoms with Crippen LogP contribution in [0.25, 0.3) is 28.1 Å². The van der Waals surface area contributed by atoms with Crippen LogP contribution >= 0.6 is 0 Å². The Labute approximate surface area is 193 Å². The van der Waals surface area contributed by atoms with Crippen molar-refractivity contribution in [2.75, 3.05) is 5.75 Å². The van der Waals surface area contributed by atoms with E-state index in [9.17, 15) is 35.2 Å². The fourth-order valence-electron chi connectivity index (χ4n) is 3.28. The standard InChI is InChI=1S/C20H15F5N6O3S/c1-2-35(33,34)14-4-5-15(30-10-26-9-28-30)29-17(14)12-7-11-3-6-16(32)31(13(11)8-27-12)19(23)20(24,25)18(21)22/h3-10,18-19H,2H2,1H3. The third-order valence-corrected chi connectivity index (χ3v) is 6.87. The Kier molecular flexibility index (Phi) is 6.12. The molecule has 35 heavy (non-hydrogen) atoms. The van der Waals surface area contributed by atoms with E-state index in [-0.39, 0.29) is 37.8 Å². The van der Waals surface area contributed by atoms with E-state index < -0.39 is 39.6 Å². The topological polar surface area (TPSA) is 113 Å². The molecule has 0 radical (unpaired) electrons. The van der Waals surface area contributed by atoms with Crippen molar-refractivity contribution in [3.05, 3.63) is 59.5 Å². The third kappa shape index (κ3) is 4.26. The molecule has 1 atom stereocenters. The van der Waals surface area contributed by atoms with Gasteiger partial charge in [-0.05, 0) is 24.3 Å². The third-order valence-electron chi connectivity index (χ3n) is 5.11. The minimum Gasteiger partial charge on any atom is -0.270 e. The number of nitrogens with zero attached hydrogens (tertiary/aromatic N) is 6. The molecule has 1 unspecified atom stereocenters. The smallest absolute Gasteiger partial charge is 0.270 e. The highest BCUT2D eigenvalue weighted by Crippen LogP contribution is 2.37. The second-order valence-electron chi connectivity index (χ2n) is 7.24. The van der Waals surface area contributed by atoms with Crippen molar-refractivity contribution in [1.29, 1.82) is 0 Å². The van der Waals surface area contributed by atoms with Crippen molar-refractivity contribution in [3.8, 4) is 17.2 Å². The molecule has 4 aromatic rings. The Balaban J connectivity index is 1.94. The fraction of sp³-hybridized carbons (Fsp3) is 0.250. The normalized spacial score (nSPS) is 13.5. The summed E-state index contributed by atoms with van der Waals surface area (Å²) in [6, 6.07) is 5.72. The number of fused-ring (bicyclic) bond motifs is 1. The van der Waals surface area contributed by atoms with E-state index in [1.807, 2.05) is 0 Å². The zero-order valence-corrected chi connectivity index (χ0v) is 18.5. The van der Waals surface area contributed by atoms with Crippen LogP contribution in [0.5, 0.6) is 0 Å². The van der Waals surface area contributed by atoms with Crippen LogP contribution in [0.3, 0.4) is 0 Å². The van der Waals surface area contributed by atoms with E-state index in [0.717, 1.165) is 18.3 Å². The number of alkyl halides is 5. The predicted molar refractivity (Wildman–Crippen MR) is 113 cm³/mol. The van der Waals surface area contributed by atoms with Gasteiger partial charge in [-0.1, -0.05) is 6.92 Å². The Morgan fingerprint density at radius 3 is 2.49 bits per heavy atom. The van der Waals surface area contributed by atoms with Gasteiger partial charge in [-0.15, -0.1) is 0 Å². The molecule has 4 aromatic heterocycles. The molecule has 0 aromatic carbocycles. The van der Waals surface area contributed by atoms with E-state index in [1.165, 1.54) is 42.5 Å². The number of hydrogen-bond donors (Lipinski definition) is 0. The van der Waals surface area contributed by atoms with Crippen molar-refractivity contribution >= 4 is 20.7 Å². The quantitative estimate of drug-likeness (QED) is 0.348. The van der Waals surface area contributed by atoms with Gasteiger partial charge in [0.05, 0.1) is 28.1 Å². The summed E-state index contributed by atoms with van der Waals surface area (Å²) in [4.78, 5) is 24.0. The first-order valence-corrected chi connectivity index (χ1v) is 11.5. The molecule has 15 heteroatoms. The molecular formula is C20H15F5N6O3S. The van der Waals surface area contributed by atoms with E-state index in [4.69, 9.17) is 0 Å². The summed E-state index contributed by atoms with van der Waals surface area (Å²) in [7, 11) is -3.82. The lowest BCUT2D eigenvalue weighted by Crippen LogP contribution is -2.39. The molecule has 0 bridgehead atoms. The van der Waals surface area contributed by atoms with Crippen molar-refractivity contribution < 1.29 is 30.4 Å². The summed E-state index contributed by atoms with van der Waals surface area (Å²) >= 11 is 0. The van der Waals surface area contributed by atoms with Crippen LogP contribution in [0, 0.1) is 0 Å². The van der Waals surface area contributed by atoms with Gasteiger partial charge >= 0.3 is 12.3 Å². The predicted octanol–water partition coefficient (Wildman–Crippen LogP) is 3.20. The lowest BCUT2D eigenvalue weighted by Gasteiger charge is -2.22. The van der Waals surface area contributed by atoms with Gasteiger partial charge < -0.3 is 0 Å². The maximum Gasteiger partial charge on any atom is 0.356 e. The molecule has 184 valence electrons. The van der Waals surface area contributed by atoms with Crippen molar-refractivity contribution in [3.63, 3.8) is 0 Å². The molecule has 0 N–H and O–H groups in total. The second kappa shape index (κ2) is 8.79. The summed E-state index contributed by atoms with van der Waals surface area (Å²) in [6.45, 7) is 1.42. The molecule has 0 aliphatic carbocycles. The molecule has 0 aliphatic heterocycles. The molecule has 0 fully saturated rings. The molecule has 4 rings (SSSR count). The molecule has 0 spiro atoms. The second-order valence-corrected chi connectivity index (χ2v) is 9.49. The minimum atomic E-state index is -5.15. The number of halogens is 5. The summed E-state index contributed by atoms with van der Waals surface area (Å²) in [5.74, 6) is -5.24. The van der Waals surface area contributed by atoms with Crippen LogP contribution in [0.2, 0.25) is 0 Å². The number of hydrogen-bond acceptors (Lipinski definition) is 7. The van der Waals surface area contributed by atoms with Gasteiger partial charge in [-0.2, -0.15) is 13.9 Å². The van der Waals surface area contributed by atoms with Crippen LogP contribution < -0.4 is 5.56 Å². The van der Waals surface area contributed by atoms with Gasteiger partial charge in [0.25, 0.3) is 5.56 Å². The monoisotopic (exact) mass is 514 g/mol. The molecular weight excluding hydrogens is 499 g/mol. The number of rotatable bonds is 7. The number of aromatic nitrogens is 6. The number of sulfone groups is 1. The Morgan fingerprint density at radius 2 is 1.86 bits per heavy atom. The SMILES string of the molecule is CCS(=O)(=O)c1ccc(-n2cncn2)nc1-c1cc2ccc(=O)n(C(F)C(F)(F)C(F)F)c2cn1. The van der Waals surface area contributed by atoms with Gasteiger partial charge in [0.15, 0.2) is 15.7 Å². The van der Waals surface area contributed by atoms with Gasteiger partial charge in [0.1, 0.15) is 18.3 Å². The van der Waals surface area contributed by atoms with E-state index in [1.54, 1.807) is 0 Å². The maximum absolute atomic E-state index is 14.5. The van der Waals surface area contributed by atoms with E-state index in [2.05, 4.69) is 20.1 Å². The van der Waals surface area contributed by atoms with Crippen molar-refractivity contribution in [2.24, 2.45) is 0 Å². The van der Waals surface area contributed by atoms with Gasteiger partial charge in [0, 0.05) is 11.5 Å². The van der Waals surface area contributed by atoms with Crippen molar-refractivity contribution in [1.82, 2.24) is 29.3 Å². The highest BCUT2D eigenvalue weighted by atomic mass is 32.2. The van der Waals surface area contributed by atoms with Crippen LogP contribution in [0.15, 0.2) is 58.9 Å². The van der Waals surface area contributed by atoms with Crippen LogP contribution in [0.1, 0.15) is 13.2 Å². The first-order valence-electron chi connectivity index (χ1n) is 9.88. The molecule has 0 amide bonds. The maximum atomic E-state index is 14.5. The Morgan fingerprint density at radius 1 is 1.11 bits per heavy atom. The number of pyridine rings is 3. The summed E-state index contributed by atoms with van der Waals surface area (Å²) in [5, 5.41) is 3.88. The van der Waals surface area contributed by atoms with Crippen LogP contribution in [0.4, 0.5) is 22.0 Å². The van der Waals surface area contributed by atoms with Gasteiger partial charge in [-0.3, -0.25) is 14.3 Å². The first kappa shape index (κ1) is 24.4. The highest BCUT2D eigenvalue weighted by molar-refractivity contribution is 7.91. The molecule has 0 aliphatic rings. The van der Waals surface area contributed by atoms with Crippen molar-refractivity contribution in [2.45, 2.75) is 30.5 Å². The average Bonchev–Trinajstić information content (AvgIpc) is 3.38. The minimum absolute atomic E-state index is 0.0462. The zero-order valence-electron chi connectivity index (χ0n) is 17.7. The lowest BCUT2D eigenvalue weighted by molar-refractivity contribution is -0.191. The molecule has 4 heterocycles. The van der Waals surface area contributed by atoms with Crippen LogP contribution in [-0.2, 0) is 9.84 Å². The molecule has 0 saturated heterocycles. The van der Waals surface area contributed by atoms with E-state index >= 15 is 0 Å².